The Bertz CT molecular complexity index is 947. The van der Waals surface area contributed by atoms with Crippen molar-refractivity contribution in [3.8, 4) is 0 Å². The van der Waals surface area contributed by atoms with Crippen LogP contribution in [0.15, 0.2) is 48.6 Å². The third-order valence-electron chi connectivity index (χ3n) is 6.15. The van der Waals surface area contributed by atoms with Gasteiger partial charge in [0, 0.05) is 13.3 Å². The van der Waals surface area contributed by atoms with Crippen LogP contribution in [0.3, 0.4) is 0 Å². The fraction of sp³-hybridized carbons (Fsp3) is 0.656. The molecule has 0 saturated carbocycles. The van der Waals surface area contributed by atoms with Crippen molar-refractivity contribution in [2.75, 3.05) is 19.8 Å². The fourth-order valence-electron chi connectivity index (χ4n) is 3.72. The Hall–Kier alpha value is -2.56. The Morgan fingerprint density at radius 2 is 1.25 bits per heavy atom. The number of carboxylic acids is 1. The van der Waals surface area contributed by atoms with E-state index in [1.165, 1.54) is 26.2 Å². The lowest BCUT2D eigenvalue weighted by Crippen LogP contribution is -2.34. The van der Waals surface area contributed by atoms with Gasteiger partial charge in [-0.3, -0.25) is 23.4 Å². The van der Waals surface area contributed by atoms with E-state index in [1.54, 1.807) is 0 Å². The topological polar surface area (TPSA) is 172 Å². The summed E-state index contributed by atoms with van der Waals surface area (Å²) in [6, 6.07) is -1.52. The van der Waals surface area contributed by atoms with Gasteiger partial charge in [0.25, 0.3) is 0 Å². The number of hydrogen-bond acceptors (Lipinski definition) is 9. The fourth-order valence-corrected chi connectivity index (χ4v) is 4.50. The second-order valence-corrected chi connectivity index (χ2v) is 11.7. The smallest absolute Gasteiger partial charge is 0.472 e. The second kappa shape index (κ2) is 28.0. The molecule has 3 atom stereocenters. The molecule has 0 aliphatic rings. The van der Waals surface area contributed by atoms with Crippen molar-refractivity contribution in [2.24, 2.45) is 5.73 Å². The minimum atomic E-state index is -4.67. The number of phosphoric acid groups is 1. The number of phosphoric ester groups is 1. The summed E-state index contributed by atoms with van der Waals surface area (Å²) < 4.78 is 31.3. The number of nitrogens with two attached hydrogens (primary N) is 1. The van der Waals surface area contributed by atoms with Gasteiger partial charge in [-0.25, -0.2) is 4.57 Å². The molecule has 0 saturated heterocycles. The van der Waals surface area contributed by atoms with E-state index in [1.807, 2.05) is 0 Å². The number of rotatable bonds is 28. The number of hydrogen-bond donors (Lipinski definition) is 3. The van der Waals surface area contributed by atoms with Gasteiger partial charge in [0.15, 0.2) is 6.10 Å². The SMILES string of the molecule is CC/C=C\C/C=C\C/C=C\C/C=C\CCCCCCCCCCC(=O)OC(COC(C)=O)COP(=O)(O)OCC(N)C(=O)O. The summed E-state index contributed by atoms with van der Waals surface area (Å²) in [5, 5.41) is 8.72. The van der Waals surface area contributed by atoms with Gasteiger partial charge in [-0.15, -0.1) is 0 Å². The first-order valence-electron chi connectivity index (χ1n) is 15.6. The Labute approximate surface area is 263 Å². The summed E-state index contributed by atoms with van der Waals surface area (Å²) in [5.74, 6) is -2.60. The molecule has 0 aromatic carbocycles. The van der Waals surface area contributed by atoms with Gasteiger partial charge in [-0.05, 0) is 44.9 Å². The van der Waals surface area contributed by atoms with Crippen molar-refractivity contribution < 1.29 is 47.5 Å². The summed E-state index contributed by atoms with van der Waals surface area (Å²) in [6.07, 6.45) is 30.1. The average molecular weight is 644 g/mol. The Morgan fingerprint density at radius 1 is 0.750 bits per heavy atom. The number of aliphatic carboxylic acids is 1. The largest absolute Gasteiger partial charge is 0.480 e. The normalized spacial score (nSPS) is 14.8. The third-order valence-corrected chi connectivity index (χ3v) is 7.10. The van der Waals surface area contributed by atoms with Crippen molar-refractivity contribution in [1.82, 2.24) is 0 Å². The van der Waals surface area contributed by atoms with E-state index < -0.39 is 51.1 Å². The molecule has 0 aliphatic heterocycles. The summed E-state index contributed by atoms with van der Waals surface area (Å²) in [4.78, 5) is 43.8. The quantitative estimate of drug-likeness (QED) is 0.0358. The van der Waals surface area contributed by atoms with Crippen LogP contribution in [0.1, 0.15) is 104 Å². The molecule has 0 rings (SSSR count). The number of carbonyl (C=O) groups excluding carboxylic acids is 2. The minimum absolute atomic E-state index is 0.145. The molecule has 44 heavy (non-hydrogen) atoms. The van der Waals surface area contributed by atoms with Crippen molar-refractivity contribution in [3.63, 3.8) is 0 Å². The number of carbonyl (C=O) groups is 3. The zero-order chi connectivity index (χ0) is 32.9. The zero-order valence-electron chi connectivity index (χ0n) is 26.5. The second-order valence-electron chi connectivity index (χ2n) is 10.3. The number of allylic oxidation sites excluding steroid dienone is 8. The first kappa shape index (κ1) is 41.4. The van der Waals surface area contributed by atoms with E-state index in [-0.39, 0.29) is 13.0 Å². The van der Waals surface area contributed by atoms with E-state index in [4.69, 9.17) is 24.8 Å². The number of esters is 2. The van der Waals surface area contributed by atoms with Crippen LogP contribution < -0.4 is 5.73 Å². The average Bonchev–Trinajstić information content (AvgIpc) is 2.98. The van der Waals surface area contributed by atoms with Crippen LogP contribution in [0, 0.1) is 0 Å². The lowest BCUT2D eigenvalue weighted by Gasteiger charge is -2.20. The number of unbranched alkanes of at least 4 members (excludes halogenated alkanes) is 8. The molecule has 0 amide bonds. The lowest BCUT2D eigenvalue weighted by molar-refractivity contribution is -0.160. The first-order valence-corrected chi connectivity index (χ1v) is 17.1. The highest BCUT2D eigenvalue weighted by atomic mass is 31.2. The van der Waals surface area contributed by atoms with Crippen LogP contribution in [0.25, 0.3) is 0 Å². The van der Waals surface area contributed by atoms with Gasteiger partial charge in [0.1, 0.15) is 12.6 Å². The number of carboxylic acid groups (broad SMARTS) is 1. The molecule has 12 heteroatoms. The van der Waals surface area contributed by atoms with Crippen LogP contribution in [-0.4, -0.2) is 59.9 Å². The highest BCUT2D eigenvalue weighted by Crippen LogP contribution is 2.43. The first-order chi connectivity index (χ1) is 21.1. The molecule has 3 unspecified atom stereocenters. The van der Waals surface area contributed by atoms with E-state index in [0.717, 1.165) is 57.8 Å². The molecular formula is C32H54NO10P. The summed E-state index contributed by atoms with van der Waals surface area (Å²) in [5.41, 5.74) is 5.23. The summed E-state index contributed by atoms with van der Waals surface area (Å²) in [6.45, 7) is 1.57. The van der Waals surface area contributed by atoms with Crippen molar-refractivity contribution >= 4 is 25.7 Å². The molecule has 0 aliphatic carbocycles. The molecule has 4 N–H and O–H groups in total. The van der Waals surface area contributed by atoms with Crippen molar-refractivity contribution in [3.05, 3.63) is 48.6 Å². The molecule has 0 bridgehead atoms. The van der Waals surface area contributed by atoms with Crippen molar-refractivity contribution in [2.45, 2.75) is 116 Å². The highest BCUT2D eigenvalue weighted by Gasteiger charge is 2.27. The zero-order valence-corrected chi connectivity index (χ0v) is 27.4. The van der Waals surface area contributed by atoms with Gasteiger partial charge in [0.05, 0.1) is 13.2 Å². The van der Waals surface area contributed by atoms with E-state index in [9.17, 15) is 23.8 Å². The Kier molecular flexibility index (Phi) is 26.3. The maximum atomic E-state index is 12.2. The molecule has 0 aromatic heterocycles. The molecule has 252 valence electrons. The van der Waals surface area contributed by atoms with Crippen LogP contribution in [0.4, 0.5) is 0 Å². The molecule has 0 fully saturated rings. The molecular weight excluding hydrogens is 589 g/mol. The Morgan fingerprint density at radius 3 is 1.80 bits per heavy atom. The standard InChI is InChI=1S/C32H54NO10P/c1-3-4-5-6-7-8-9-10-11-12-13-14-15-16-17-18-19-20-21-22-23-24-31(35)43-29(25-40-28(2)34)26-41-44(38,39)42-27-30(33)32(36)37/h4-5,7-8,10-11,13-14,29-30H,3,6,9,12,15-27,33H2,1-2H3,(H,36,37)(H,38,39)/b5-4-,8-7-,11-10-,14-13-. The maximum absolute atomic E-state index is 12.2. The van der Waals surface area contributed by atoms with Gasteiger partial charge < -0.3 is 25.2 Å². The predicted octanol–water partition coefficient (Wildman–Crippen LogP) is 6.71. The molecule has 0 aromatic rings. The van der Waals surface area contributed by atoms with Crippen molar-refractivity contribution in [1.29, 1.82) is 0 Å². The molecule has 0 heterocycles. The van der Waals surface area contributed by atoms with E-state index >= 15 is 0 Å². The van der Waals surface area contributed by atoms with Gasteiger partial charge >= 0.3 is 25.7 Å². The van der Waals surface area contributed by atoms with Gasteiger partial charge in [-0.2, -0.15) is 0 Å². The maximum Gasteiger partial charge on any atom is 0.472 e. The van der Waals surface area contributed by atoms with Gasteiger partial charge in [-0.1, -0.05) is 94.1 Å². The Balaban J connectivity index is 3.96. The molecule has 11 nitrogen and oxygen atoms in total. The minimum Gasteiger partial charge on any atom is -0.480 e. The molecule has 0 spiro atoms. The van der Waals surface area contributed by atoms with Crippen LogP contribution in [0.5, 0.6) is 0 Å². The highest BCUT2D eigenvalue weighted by molar-refractivity contribution is 7.47. The van der Waals surface area contributed by atoms with E-state index in [0.29, 0.717) is 6.42 Å². The number of ether oxygens (including phenoxy) is 2. The third kappa shape index (κ3) is 28.2. The van der Waals surface area contributed by atoms with Crippen LogP contribution >= 0.6 is 7.82 Å². The predicted molar refractivity (Wildman–Crippen MR) is 171 cm³/mol. The van der Waals surface area contributed by atoms with Gasteiger partial charge in [0.2, 0.25) is 0 Å². The summed E-state index contributed by atoms with van der Waals surface area (Å²) in [7, 11) is -4.67. The van der Waals surface area contributed by atoms with Crippen LogP contribution in [0.2, 0.25) is 0 Å². The summed E-state index contributed by atoms with van der Waals surface area (Å²) >= 11 is 0. The molecule has 0 radical (unpaired) electrons. The lowest BCUT2D eigenvalue weighted by atomic mass is 10.1. The van der Waals surface area contributed by atoms with Crippen LogP contribution in [-0.2, 0) is 37.5 Å². The van der Waals surface area contributed by atoms with E-state index in [2.05, 4.69) is 60.1 Å². The monoisotopic (exact) mass is 643 g/mol.